The summed E-state index contributed by atoms with van der Waals surface area (Å²) >= 11 is 0. The van der Waals surface area contributed by atoms with E-state index in [2.05, 4.69) is 15.5 Å². The third-order valence-corrected chi connectivity index (χ3v) is 4.95. The number of cyclic esters (lactones) is 1. The average Bonchev–Trinajstić information content (AvgIpc) is 3.31. The van der Waals surface area contributed by atoms with Crippen molar-refractivity contribution in [3.63, 3.8) is 0 Å². The molecule has 1 atom stereocenters. The van der Waals surface area contributed by atoms with Gasteiger partial charge in [-0.1, -0.05) is 12.1 Å². The third-order valence-electron chi connectivity index (χ3n) is 4.95. The lowest BCUT2D eigenvalue weighted by Gasteiger charge is -2.32. The van der Waals surface area contributed by atoms with Crippen LogP contribution in [0.2, 0.25) is 0 Å². The molecule has 4 rings (SSSR count). The zero-order valence-corrected chi connectivity index (χ0v) is 15.9. The van der Waals surface area contributed by atoms with E-state index < -0.39 is 12.0 Å². The highest BCUT2D eigenvalue weighted by molar-refractivity contribution is 5.97. The predicted molar refractivity (Wildman–Crippen MR) is 98.2 cm³/mol. The highest BCUT2D eigenvalue weighted by atomic mass is 16.5. The fraction of sp³-hybridized carbons (Fsp3) is 0.368. The minimum Gasteiger partial charge on any atom is -0.497 e. The molecule has 1 aromatic carbocycles. The van der Waals surface area contributed by atoms with Crippen molar-refractivity contribution in [1.82, 2.24) is 25.0 Å². The zero-order valence-electron chi connectivity index (χ0n) is 15.9. The van der Waals surface area contributed by atoms with Gasteiger partial charge in [0.05, 0.1) is 31.0 Å². The Morgan fingerprint density at radius 3 is 2.71 bits per heavy atom. The van der Waals surface area contributed by atoms with Gasteiger partial charge in [0.25, 0.3) is 0 Å². The van der Waals surface area contributed by atoms with E-state index in [4.69, 9.17) is 9.47 Å². The van der Waals surface area contributed by atoms with E-state index in [1.807, 2.05) is 30.5 Å². The summed E-state index contributed by atoms with van der Waals surface area (Å²) in [6.45, 7) is 4.28. The summed E-state index contributed by atoms with van der Waals surface area (Å²) in [5, 5.41) is 11.0. The second-order valence-corrected chi connectivity index (χ2v) is 6.93. The van der Waals surface area contributed by atoms with Crippen LogP contribution in [0.25, 0.3) is 0 Å². The summed E-state index contributed by atoms with van der Waals surface area (Å²) in [4.78, 5) is 26.8. The summed E-state index contributed by atoms with van der Waals surface area (Å²) in [5.74, 6) is 0.911. The molecule has 3 heterocycles. The molecular formula is C19H21N5O4. The standard InChI is InChI=1S/C19H21N5O4/c1-11(2)24-10-20-22-15(24)8-23-14-9-28-18(25)16(14)17(21-19(23)26)12-4-6-13(27-3)7-5-12/h4-7,10-11,17H,8-9H2,1-3H3,(H,21,26). The van der Waals surface area contributed by atoms with E-state index in [0.717, 1.165) is 5.56 Å². The number of hydrogen-bond acceptors (Lipinski definition) is 6. The smallest absolute Gasteiger partial charge is 0.338 e. The van der Waals surface area contributed by atoms with Crippen LogP contribution in [0, 0.1) is 0 Å². The molecule has 0 saturated carbocycles. The fourth-order valence-corrected chi connectivity index (χ4v) is 3.48. The van der Waals surface area contributed by atoms with E-state index in [1.165, 1.54) is 4.90 Å². The quantitative estimate of drug-likeness (QED) is 0.793. The number of ether oxygens (including phenoxy) is 2. The normalized spacial score (nSPS) is 19.0. The molecule has 28 heavy (non-hydrogen) atoms. The number of esters is 1. The molecule has 9 heteroatoms. The molecule has 2 amide bonds. The number of rotatable bonds is 5. The molecule has 0 radical (unpaired) electrons. The van der Waals surface area contributed by atoms with Crippen molar-refractivity contribution in [2.75, 3.05) is 13.7 Å². The first kappa shape index (κ1) is 18.0. The minimum absolute atomic E-state index is 0.0596. The van der Waals surface area contributed by atoms with E-state index in [1.54, 1.807) is 25.6 Å². The summed E-state index contributed by atoms with van der Waals surface area (Å²) in [6.07, 6.45) is 1.63. The predicted octanol–water partition coefficient (Wildman–Crippen LogP) is 1.94. The molecule has 0 spiro atoms. The molecule has 1 unspecified atom stereocenters. The number of urea groups is 1. The fourth-order valence-electron chi connectivity index (χ4n) is 3.48. The van der Waals surface area contributed by atoms with Gasteiger partial charge in [0.1, 0.15) is 18.7 Å². The highest BCUT2D eigenvalue weighted by Gasteiger charge is 2.42. The Morgan fingerprint density at radius 2 is 2.04 bits per heavy atom. The maximum absolute atomic E-state index is 12.9. The number of methoxy groups -OCH3 is 1. The lowest BCUT2D eigenvalue weighted by molar-refractivity contribution is -0.136. The van der Waals surface area contributed by atoms with E-state index in [9.17, 15) is 9.59 Å². The first-order valence-corrected chi connectivity index (χ1v) is 9.00. The molecule has 146 valence electrons. The molecule has 0 fully saturated rings. The van der Waals surface area contributed by atoms with E-state index in [0.29, 0.717) is 22.8 Å². The molecule has 0 saturated heterocycles. The van der Waals surface area contributed by atoms with Gasteiger partial charge in [0.15, 0.2) is 5.82 Å². The summed E-state index contributed by atoms with van der Waals surface area (Å²) in [7, 11) is 1.58. The van der Waals surface area contributed by atoms with Crippen molar-refractivity contribution in [3.05, 3.63) is 53.3 Å². The van der Waals surface area contributed by atoms with E-state index in [-0.39, 0.29) is 25.2 Å². The maximum atomic E-state index is 12.9. The monoisotopic (exact) mass is 383 g/mol. The molecule has 1 N–H and O–H groups in total. The number of hydrogen-bond donors (Lipinski definition) is 1. The molecule has 0 aliphatic carbocycles. The first-order chi connectivity index (χ1) is 13.5. The van der Waals surface area contributed by atoms with Crippen LogP contribution in [0.1, 0.15) is 37.3 Å². The number of amides is 2. The van der Waals surface area contributed by atoms with Crippen LogP contribution in [-0.2, 0) is 16.1 Å². The summed E-state index contributed by atoms with van der Waals surface area (Å²) in [6, 6.07) is 6.51. The van der Waals surface area contributed by atoms with Crippen LogP contribution in [0.3, 0.4) is 0 Å². The Bertz CT molecular complexity index is 947. The van der Waals surface area contributed by atoms with Crippen LogP contribution in [-0.4, -0.2) is 45.4 Å². The van der Waals surface area contributed by atoms with Gasteiger partial charge < -0.3 is 19.4 Å². The minimum atomic E-state index is -0.567. The molecule has 0 bridgehead atoms. The van der Waals surface area contributed by atoms with Gasteiger partial charge in [0.2, 0.25) is 0 Å². The van der Waals surface area contributed by atoms with Crippen molar-refractivity contribution in [3.8, 4) is 5.75 Å². The van der Waals surface area contributed by atoms with Crippen LogP contribution >= 0.6 is 0 Å². The number of nitrogens with zero attached hydrogens (tertiary/aromatic N) is 4. The van der Waals surface area contributed by atoms with Crippen molar-refractivity contribution in [2.45, 2.75) is 32.5 Å². The van der Waals surface area contributed by atoms with Crippen molar-refractivity contribution in [2.24, 2.45) is 0 Å². The highest BCUT2D eigenvalue weighted by Crippen LogP contribution is 2.36. The van der Waals surface area contributed by atoms with Gasteiger partial charge >= 0.3 is 12.0 Å². The van der Waals surface area contributed by atoms with Crippen molar-refractivity contribution in [1.29, 1.82) is 0 Å². The van der Waals surface area contributed by atoms with Gasteiger partial charge in [-0.3, -0.25) is 4.90 Å². The van der Waals surface area contributed by atoms with E-state index >= 15 is 0 Å². The Morgan fingerprint density at radius 1 is 1.29 bits per heavy atom. The first-order valence-electron chi connectivity index (χ1n) is 9.00. The van der Waals surface area contributed by atoms with Crippen LogP contribution in [0.4, 0.5) is 4.79 Å². The summed E-state index contributed by atoms with van der Waals surface area (Å²) < 4.78 is 12.3. The van der Waals surface area contributed by atoms with Gasteiger partial charge in [0, 0.05) is 6.04 Å². The SMILES string of the molecule is COc1ccc(C2NC(=O)N(Cc3nncn3C(C)C)C3=C2C(=O)OC3)cc1. The Balaban J connectivity index is 1.70. The lowest BCUT2D eigenvalue weighted by Crippen LogP contribution is -2.47. The van der Waals surface area contributed by atoms with Gasteiger partial charge in [-0.05, 0) is 31.5 Å². The molecule has 9 nitrogen and oxygen atoms in total. The van der Waals surface area contributed by atoms with Crippen LogP contribution < -0.4 is 10.1 Å². The lowest BCUT2D eigenvalue weighted by atomic mass is 9.95. The Labute approximate surface area is 161 Å². The van der Waals surface area contributed by atoms with Gasteiger partial charge in [-0.2, -0.15) is 0 Å². The number of carbonyl (C=O) groups excluding carboxylic acids is 2. The largest absolute Gasteiger partial charge is 0.497 e. The summed E-state index contributed by atoms with van der Waals surface area (Å²) in [5.41, 5.74) is 1.79. The van der Waals surface area contributed by atoms with Gasteiger partial charge in [-0.15, -0.1) is 10.2 Å². The van der Waals surface area contributed by atoms with Crippen LogP contribution in [0.5, 0.6) is 5.75 Å². The topological polar surface area (TPSA) is 98.6 Å². The average molecular weight is 383 g/mol. The maximum Gasteiger partial charge on any atom is 0.338 e. The Hall–Kier alpha value is -3.36. The second-order valence-electron chi connectivity index (χ2n) is 6.93. The number of carbonyl (C=O) groups is 2. The number of aromatic nitrogens is 3. The van der Waals surface area contributed by atoms with Crippen LogP contribution in [0.15, 0.2) is 41.9 Å². The molecular weight excluding hydrogens is 362 g/mol. The molecule has 2 aromatic rings. The Kier molecular flexibility index (Phi) is 4.50. The van der Waals surface area contributed by atoms with Crippen molar-refractivity contribution < 1.29 is 19.1 Å². The zero-order chi connectivity index (χ0) is 19.8. The second kappa shape index (κ2) is 6.99. The molecule has 2 aliphatic heterocycles. The third kappa shape index (κ3) is 2.98. The molecule has 2 aliphatic rings. The number of benzene rings is 1. The molecule has 1 aromatic heterocycles. The van der Waals surface area contributed by atoms with Gasteiger partial charge in [-0.25, -0.2) is 9.59 Å². The number of nitrogens with one attached hydrogen (secondary N) is 1. The van der Waals surface area contributed by atoms with Crippen molar-refractivity contribution >= 4 is 12.0 Å².